The Balaban J connectivity index is 0.000000305. The molecular weight excluding hydrogens is 647 g/mol. The molecule has 19 heteroatoms. The highest BCUT2D eigenvalue weighted by molar-refractivity contribution is 6.28. The molecule has 0 aliphatic carbocycles. The van der Waals surface area contributed by atoms with Gasteiger partial charge in [-0.1, -0.05) is 0 Å². The first-order valence-electron chi connectivity index (χ1n) is 14.3. The Bertz CT molecular complexity index is 1360. The Morgan fingerprint density at radius 1 is 0.891 bits per heavy atom. The zero-order chi connectivity index (χ0) is 34.8. The summed E-state index contributed by atoms with van der Waals surface area (Å²) in [6, 6.07) is -0.113. The average Bonchev–Trinajstić information content (AvgIpc) is 3.61. The van der Waals surface area contributed by atoms with Gasteiger partial charge in [0.1, 0.15) is 17.4 Å². The van der Waals surface area contributed by atoms with Crippen molar-refractivity contribution in [2.24, 2.45) is 0 Å². The fourth-order valence-electron chi connectivity index (χ4n) is 4.21. The van der Waals surface area contributed by atoms with Crippen LogP contribution in [0.5, 0.6) is 0 Å². The van der Waals surface area contributed by atoms with E-state index in [2.05, 4.69) is 30.6 Å². The molecular formula is C27H42Cl2N10O7. The van der Waals surface area contributed by atoms with Gasteiger partial charge in [-0.05, 0) is 77.6 Å². The average molecular weight is 690 g/mol. The molecule has 2 atom stereocenters. The molecule has 46 heavy (non-hydrogen) atoms. The van der Waals surface area contributed by atoms with E-state index < -0.39 is 22.2 Å². The molecule has 2 saturated heterocycles. The molecule has 4 rings (SSSR count). The number of nitrogen functional groups attached to an aromatic ring is 1. The number of likely N-dealkylation sites (tertiary alicyclic amines) is 2. The molecule has 0 saturated carbocycles. The predicted molar refractivity (Wildman–Crippen MR) is 173 cm³/mol. The van der Waals surface area contributed by atoms with Crippen LogP contribution in [0, 0.1) is 10.1 Å². The van der Waals surface area contributed by atoms with Gasteiger partial charge in [-0.25, -0.2) is 19.6 Å². The second-order valence-electron chi connectivity index (χ2n) is 12.2. The van der Waals surface area contributed by atoms with Crippen LogP contribution in [-0.2, 0) is 9.47 Å². The van der Waals surface area contributed by atoms with Crippen molar-refractivity contribution >= 4 is 58.4 Å². The number of nitro groups is 1. The molecule has 2 fully saturated rings. The lowest BCUT2D eigenvalue weighted by atomic mass is 10.2. The van der Waals surface area contributed by atoms with Gasteiger partial charge in [0, 0.05) is 45.4 Å². The number of aliphatic hydroxyl groups is 1. The van der Waals surface area contributed by atoms with Crippen LogP contribution in [0.25, 0.3) is 0 Å². The number of nitrogens with zero attached hydrogens (tertiary/aromatic N) is 7. The molecule has 2 amide bonds. The van der Waals surface area contributed by atoms with Crippen molar-refractivity contribution in [3.8, 4) is 0 Å². The number of nitrogens with two attached hydrogens (primary N) is 1. The van der Waals surface area contributed by atoms with Crippen molar-refractivity contribution in [1.82, 2.24) is 29.7 Å². The number of carbonyl (C=O) groups excluding carboxylic acids is 2. The van der Waals surface area contributed by atoms with Crippen LogP contribution >= 0.6 is 23.2 Å². The quantitative estimate of drug-likeness (QED) is 0.196. The molecule has 2 aliphatic rings. The van der Waals surface area contributed by atoms with E-state index in [-0.39, 0.29) is 40.2 Å². The molecule has 2 aliphatic heterocycles. The van der Waals surface area contributed by atoms with Gasteiger partial charge in [0.15, 0.2) is 5.82 Å². The van der Waals surface area contributed by atoms with E-state index in [4.69, 9.17) is 43.5 Å². The van der Waals surface area contributed by atoms with Gasteiger partial charge in [0.2, 0.25) is 16.4 Å². The topological polar surface area (TPSA) is 224 Å². The van der Waals surface area contributed by atoms with Crippen LogP contribution < -0.4 is 16.4 Å². The van der Waals surface area contributed by atoms with Gasteiger partial charge >= 0.3 is 17.9 Å². The largest absolute Gasteiger partial charge is 0.444 e. The van der Waals surface area contributed by atoms with E-state index in [1.165, 1.54) is 6.20 Å². The van der Waals surface area contributed by atoms with E-state index in [1.807, 2.05) is 20.8 Å². The number of nitrogens with one attached hydrogen (secondary N) is 2. The number of carbonyl (C=O) groups is 2. The molecule has 0 radical (unpaired) electrons. The minimum Gasteiger partial charge on any atom is -0.444 e. The number of aromatic nitrogens is 4. The number of ether oxygens (including phenoxy) is 2. The summed E-state index contributed by atoms with van der Waals surface area (Å²) in [5.74, 6) is 0.539. The highest BCUT2D eigenvalue weighted by Crippen LogP contribution is 2.26. The van der Waals surface area contributed by atoms with E-state index in [0.29, 0.717) is 44.1 Å². The monoisotopic (exact) mass is 688 g/mol. The maximum atomic E-state index is 12.0. The van der Waals surface area contributed by atoms with Gasteiger partial charge in [-0.2, -0.15) is 9.97 Å². The first-order valence-corrected chi connectivity index (χ1v) is 15.0. The van der Waals surface area contributed by atoms with E-state index in [9.17, 15) is 19.7 Å². The number of rotatable bonds is 5. The zero-order valence-corrected chi connectivity index (χ0v) is 28.4. The molecule has 0 spiro atoms. The van der Waals surface area contributed by atoms with Gasteiger partial charge in [0.05, 0.1) is 16.8 Å². The van der Waals surface area contributed by atoms with Crippen LogP contribution in [0.1, 0.15) is 54.4 Å². The summed E-state index contributed by atoms with van der Waals surface area (Å²) in [6.07, 6.45) is 3.21. The summed E-state index contributed by atoms with van der Waals surface area (Å²) in [5.41, 5.74) is 4.90. The van der Waals surface area contributed by atoms with Crippen LogP contribution in [0.4, 0.5) is 32.6 Å². The Labute approximate surface area is 277 Å². The Morgan fingerprint density at radius 2 is 1.30 bits per heavy atom. The summed E-state index contributed by atoms with van der Waals surface area (Å²) in [6.45, 7) is 13.0. The molecule has 2 unspecified atom stereocenters. The van der Waals surface area contributed by atoms with Crippen molar-refractivity contribution in [1.29, 1.82) is 0 Å². The second-order valence-corrected chi connectivity index (χ2v) is 12.9. The molecule has 17 nitrogen and oxygen atoms in total. The smallest absolute Gasteiger partial charge is 0.410 e. The second kappa shape index (κ2) is 16.6. The van der Waals surface area contributed by atoms with Crippen LogP contribution in [0.15, 0.2) is 12.4 Å². The summed E-state index contributed by atoms with van der Waals surface area (Å²) in [4.78, 5) is 52.9. The molecule has 5 N–H and O–H groups in total. The fraction of sp³-hybridized carbons (Fsp3) is 0.630. The minimum atomic E-state index is -0.584. The van der Waals surface area contributed by atoms with Crippen LogP contribution in [0.3, 0.4) is 0 Å². The zero-order valence-electron chi connectivity index (χ0n) is 26.9. The standard InChI is InChI=1S/C13H18ClN5O4.C13H20ClN5O2.CH4O/c1-13(2,3)23-12(20)18-5-4-8(7-18)16-10-9(19(21)22)6-15-11(14)17-10;1-13(2,3)21-12(20)19-5-4-8(7-19)17-10-9(15)6-16-11(14)18-10;1-2/h6,8H,4-5,7H2,1-3H3,(H,15,16,17);6,8H,4-5,7,15H2,1-3H3,(H,16,17,18);2H,1H3. The van der Waals surface area contributed by atoms with Crippen molar-refractivity contribution in [2.75, 3.05) is 49.7 Å². The lowest BCUT2D eigenvalue weighted by molar-refractivity contribution is -0.384. The van der Waals surface area contributed by atoms with Gasteiger partial charge < -0.3 is 40.7 Å². The van der Waals surface area contributed by atoms with Gasteiger partial charge in [0.25, 0.3) is 0 Å². The summed E-state index contributed by atoms with van der Waals surface area (Å²) < 4.78 is 10.7. The Hall–Kier alpha value is -3.96. The van der Waals surface area contributed by atoms with E-state index in [1.54, 1.807) is 30.6 Å². The third-order valence-corrected chi connectivity index (χ3v) is 6.45. The number of anilines is 3. The fourth-order valence-corrected chi connectivity index (χ4v) is 4.47. The summed E-state index contributed by atoms with van der Waals surface area (Å²) in [5, 5.41) is 24.2. The molecule has 2 aromatic heterocycles. The minimum absolute atomic E-state index is 0.0473. The maximum absolute atomic E-state index is 12.0. The van der Waals surface area contributed by atoms with E-state index in [0.717, 1.165) is 19.7 Å². The number of hydrogen-bond acceptors (Lipinski definition) is 14. The lowest BCUT2D eigenvalue weighted by Crippen LogP contribution is -2.36. The number of hydrogen-bond donors (Lipinski definition) is 4. The molecule has 4 heterocycles. The van der Waals surface area contributed by atoms with Crippen molar-refractivity contribution in [3.63, 3.8) is 0 Å². The first kappa shape index (κ1) is 38.2. The Kier molecular flexibility index (Phi) is 13.8. The summed E-state index contributed by atoms with van der Waals surface area (Å²) in [7, 11) is 1.00. The molecule has 256 valence electrons. The maximum Gasteiger partial charge on any atom is 0.410 e. The van der Waals surface area contributed by atoms with Crippen LogP contribution in [0.2, 0.25) is 10.6 Å². The van der Waals surface area contributed by atoms with Crippen molar-refractivity contribution < 1.29 is 29.1 Å². The van der Waals surface area contributed by atoms with E-state index >= 15 is 0 Å². The van der Waals surface area contributed by atoms with Crippen LogP contribution in [-0.4, -0.2) is 109 Å². The number of halogens is 2. The van der Waals surface area contributed by atoms with Gasteiger partial charge in [-0.3, -0.25) is 10.1 Å². The summed E-state index contributed by atoms with van der Waals surface area (Å²) >= 11 is 11.4. The normalized spacial score (nSPS) is 17.6. The van der Waals surface area contributed by atoms with Crippen molar-refractivity contribution in [2.45, 2.75) is 77.7 Å². The Morgan fingerprint density at radius 3 is 1.74 bits per heavy atom. The molecule has 0 aromatic carbocycles. The SMILES string of the molecule is CC(C)(C)OC(=O)N1CCC(Nc2nc(Cl)ncc2N)C1.CC(C)(C)OC(=O)N1CCC(Nc2nc(Cl)ncc2[N+](=O)[O-])C1.CO. The third-order valence-electron chi connectivity index (χ3n) is 6.09. The van der Waals surface area contributed by atoms with Crippen molar-refractivity contribution in [3.05, 3.63) is 33.1 Å². The highest BCUT2D eigenvalue weighted by Gasteiger charge is 2.32. The predicted octanol–water partition coefficient (Wildman–Crippen LogP) is 4.20. The number of amides is 2. The third kappa shape index (κ3) is 12.4. The molecule has 0 bridgehead atoms. The molecule has 2 aromatic rings. The lowest BCUT2D eigenvalue weighted by Gasteiger charge is -2.24. The first-order chi connectivity index (χ1) is 21.4. The highest BCUT2D eigenvalue weighted by atomic mass is 35.5. The van der Waals surface area contributed by atoms with Gasteiger partial charge in [-0.15, -0.1) is 0 Å². The number of aliphatic hydroxyl groups excluding tert-OH is 1.